The summed E-state index contributed by atoms with van der Waals surface area (Å²) in [6.45, 7) is 6.36. The number of para-hydroxylation sites is 1. The van der Waals surface area contributed by atoms with Crippen LogP contribution in [0.3, 0.4) is 0 Å². The van der Waals surface area contributed by atoms with Crippen LogP contribution >= 0.6 is 0 Å². The number of hydrogen-bond acceptors (Lipinski definition) is 2. The number of hydrogen-bond donors (Lipinski definition) is 2. The molecule has 1 fully saturated rings. The molecule has 0 bridgehead atoms. The summed E-state index contributed by atoms with van der Waals surface area (Å²) < 4.78 is 5.74. The van der Waals surface area contributed by atoms with Crippen molar-refractivity contribution in [3.63, 3.8) is 0 Å². The number of nitrogens with one attached hydrogen (secondary N) is 2. The van der Waals surface area contributed by atoms with E-state index in [1.807, 2.05) is 42.5 Å². The van der Waals surface area contributed by atoms with Crippen LogP contribution in [0.5, 0.6) is 0 Å². The van der Waals surface area contributed by atoms with Gasteiger partial charge >= 0.3 is 0 Å². The fourth-order valence-electron chi connectivity index (χ4n) is 3.42. The molecule has 3 atom stereocenters. The fraction of sp³-hybridized carbons (Fsp3) is 0.350. The van der Waals surface area contributed by atoms with Crippen molar-refractivity contribution in [1.29, 1.82) is 0 Å². The van der Waals surface area contributed by atoms with E-state index in [4.69, 9.17) is 4.74 Å². The van der Waals surface area contributed by atoms with Crippen molar-refractivity contribution in [3.8, 4) is 11.1 Å². The highest BCUT2D eigenvalue weighted by Crippen LogP contribution is 2.27. The largest absolute Gasteiger partial charge is 0.364 e. The van der Waals surface area contributed by atoms with Gasteiger partial charge in [-0.3, -0.25) is 4.79 Å². The number of benzene rings is 2. The van der Waals surface area contributed by atoms with Crippen LogP contribution in [0.25, 0.3) is 11.1 Å². The topological polar surface area (TPSA) is 42.8 Å². The zero-order chi connectivity index (χ0) is 16.9. The molecule has 24 heavy (non-hydrogen) atoms. The molecule has 0 saturated carbocycles. The van der Waals surface area contributed by atoms with E-state index < -0.39 is 0 Å². The summed E-state index contributed by atoms with van der Waals surface area (Å²) in [6.07, 6.45) is 0.404. The summed E-state index contributed by atoms with van der Waals surface area (Å²) in [7, 11) is 0. The lowest BCUT2D eigenvalue weighted by Gasteiger charge is -2.32. The van der Waals surface area contributed by atoms with E-state index in [-0.39, 0.29) is 18.1 Å². The maximum absolute atomic E-state index is 12.5. The first-order chi connectivity index (χ1) is 11.6. The van der Waals surface area contributed by atoms with Gasteiger partial charge in [0.2, 0.25) is 0 Å². The Morgan fingerprint density at radius 3 is 2.38 bits per heavy atom. The molecule has 0 aliphatic carbocycles. The Labute approximate surface area is 143 Å². The van der Waals surface area contributed by atoms with Crippen LogP contribution in [-0.4, -0.2) is 37.7 Å². The van der Waals surface area contributed by atoms with Gasteiger partial charge < -0.3 is 15.0 Å². The average Bonchev–Trinajstić information content (AvgIpc) is 2.55. The third kappa shape index (κ3) is 4.22. The van der Waals surface area contributed by atoms with Crippen LogP contribution in [0.15, 0.2) is 54.6 Å². The second-order valence-corrected chi connectivity index (χ2v) is 6.55. The molecule has 2 N–H and O–H groups in total. The second-order valence-electron chi connectivity index (χ2n) is 6.55. The number of amides is 1. The first-order valence-corrected chi connectivity index (χ1v) is 8.55. The molecule has 0 radical (unpaired) electrons. The number of carbonyl (C=O) groups excluding carboxylic acids is 1. The predicted molar refractivity (Wildman–Crippen MR) is 96.1 cm³/mol. The molecule has 2 aromatic rings. The average molecular weight is 325 g/mol. The van der Waals surface area contributed by atoms with Crippen molar-refractivity contribution in [2.75, 3.05) is 25.0 Å². The SMILES string of the molecule is C[C@@H]1C[NH+](CC(=O)Nc2ccccc2-c2ccccc2)C[C@H](C)O1. The molecule has 3 rings (SSSR count). The lowest BCUT2D eigenvalue weighted by molar-refractivity contribution is -0.907. The predicted octanol–water partition coefficient (Wildman–Crippen LogP) is 1.98. The summed E-state index contributed by atoms with van der Waals surface area (Å²) in [5, 5.41) is 3.09. The molecular formula is C20H25N2O2+. The maximum atomic E-state index is 12.5. The molecule has 1 amide bonds. The van der Waals surface area contributed by atoms with Gasteiger partial charge in [0.05, 0.1) is 0 Å². The van der Waals surface area contributed by atoms with Gasteiger partial charge in [-0.25, -0.2) is 0 Å². The highest BCUT2D eigenvalue weighted by atomic mass is 16.5. The number of morpholine rings is 1. The standard InChI is InChI=1S/C20H24N2O2/c1-15-12-22(13-16(2)24-15)14-20(23)21-19-11-7-6-10-18(19)17-8-4-3-5-9-17/h3-11,15-16H,12-14H2,1-2H3,(H,21,23)/p+1/t15-,16+. The third-order valence-corrected chi connectivity index (χ3v) is 4.31. The number of quaternary nitrogens is 1. The number of anilines is 1. The Hall–Kier alpha value is -2.17. The molecule has 1 saturated heterocycles. The van der Waals surface area contributed by atoms with E-state index in [0.29, 0.717) is 6.54 Å². The van der Waals surface area contributed by atoms with E-state index >= 15 is 0 Å². The van der Waals surface area contributed by atoms with Gasteiger partial charge in [0, 0.05) is 11.3 Å². The van der Waals surface area contributed by atoms with Crippen molar-refractivity contribution in [2.45, 2.75) is 26.1 Å². The number of rotatable bonds is 4. The van der Waals surface area contributed by atoms with Crippen LogP contribution in [0, 0.1) is 0 Å². The monoisotopic (exact) mass is 325 g/mol. The van der Waals surface area contributed by atoms with E-state index in [1.165, 1.54) is 4.90 Å². The maximum Gasteiger partial charge on any atom is 0.279 e. The third-order valence-electron chi connectivity index (χ3n) is 4.31. The normalized spacial score (nSPS) is 23.7. The molecule has 1 aliphatic heterocycles. The van der Waals surface area contributed by atoms with Crippen molar-refractivity contribution in [2.24, 2.45) is 0 Å². The number of carbonyl (C=O) groups is 1. The highest BCUT2D eigenvalue weighted by Gasteiger charge is 2.27. The molecule has 2 aromatic carbocycles. The molecule has 4 nitrogen and oxygen atoms in total. The lowest BCUT2D eigenvalue weighted by atomic mass is 10.0. The first-order valence-electron chi connectivity index (χ1n) is 8.55. The minimum absolute atomic E-state index is 0.0506. The molecule has 1 aliphatic rings. The first kappa shape index (κ1) is 16.7. The van der Waals surface area contributed by atoms with Crippen molar-refractivity contribution < 1.29 is 14.4 Å². The van der Waals surface area contributed by atoms with Gasteiger partial charge in [-0.1, -0.05) is 48.5 Å². The minimum atomic E-state index is 0.0506. The molecule has 126 valence electrons. The molecule has 4 heteroatoms. The van der Waals surface area contributed by atoms with Crippen molar-refractivity contribution >= 4 is 11.6 Å². The van der Waals surface area contributed by atoms with E-state index in [0.717, 1.165) is 29.9 Å². The Morgan fingerprint density at radius 2 is 1.67 bits per heavy atom. The molecular weight excluding hydrogens is 300 g/mol. The van der Waals surface area contributed by atoms with Crippen LogP contribution < -0.4 is 10.2 Å². The Bertz CT molecular complexity index is 677. The number of ether oxygens (including phenoxy) is 1. The van der Waals surface area contributed by atoms with Gasteiger partial charge in [-0.15, -0.1) is 0 Å². The summed E-state index contributed by atoms with van der Waals surface area (Å²) in [5.74, 6) is 0.0506. The van der Waals surface area contributed by atoms with Crippen molar-refractivity contribution in [1.82, 2.24) is 0 Å². The van der Waals surface area contributed by atoms with Crippen LogP contribution in [0.2, 0.25) is 0 Å². The molecule has 1 heterocycles. The Morgan fingerprint density at radius 1 is 1.04 bits per heavy atom. The second kappa shape index (κ2) is 7.60. The fourth-order valence-corrected chi connectivity index (χ4v) is 3.42. The van der Waals surface area contributed by atoms with E-state index in [2.05, 4.69) is 31.3 Å². The van der Waals surface area contributed by atoms with Gasteiger partial charge in [0.15, 0.2) is 6.54 Å². The van der Waals surface area contributed by atoms with Crippen LogP contribution in [0.1, 0.15) is 13.8 Å². The van der Waals surface area contributed by atoms with Gasteiger partial charge in [0.1, 0.15) is 25.3 Å². The van der Waals surface area contributed by atoms with Gasteiger partial charge in [-0.05, 0) is 25.5 Å². The van der Waals surface area contributed by atoms with Crippen molar-refractivity contribution in [3.05, 3.63) is 54.6 Å². The smallest absolute Gasteiger partial charge is 0.279 e. The molecule has 0 spiro atoms. The highest BCUT2D eigenvalue weighted by molar-refractivity contribution is 5.96. The summed E-state index contributed by atoms with van der Waals surface area (Å²) in [5.41, 5.74) is 3.02. The van der Waals surface area contributed by atoms with Gasteiger partial charge in [-0.2, -0.15) is 0 Å². The quantitative estimate of drug-likeness (QED) is 0.903. The van der Waals surface area contributed by atoms with Crippen LogP contribution in [0.4, 0.5) is 5.69 Å². The summed E-state index contributed by atoms with van der Waals surface area (Å²) >= 11 is 0. The Balaban J connectivity index is 1.69. The van der Waals surface area contributed by atoms with Gasteiger partial charge in [0.25, 0.3) is 5.91 Å². The lowest BCUT2D eigenvalue weighted by Crippen LogP contribution is -3.16. The molecule has 1 unspecified atom stereocenters. The zero-order valence-electron chi connectivity index (χ0n) is 14.3. The van der Waals surface area contributed by atoms with E-state index in [9.17, 15) is 4.79 Å². The summed E-state index contributed by atoms with van der Waals surface area (Å²) in [4.78, 5) is 13.8. The Kier molecular flexibility index (Phi) is 5.28. The summed E-state index contributed by atoms with van der Waals surface area (Å²) in [6, 6.07) is 18.1. The van der Waals surface area contributed by atoms with Crippen LogP contribution in [-0.2, 0) is 9.53 Å². The molecule has 0 aromatic heterocycles. The van der Waals surface area contributed by atoms with E-state index in [1.54, 1.807) is 0 Å². The zero-order valence-corrected chi connectivity index (χ0v) is 14.3. The minimum Gasteiger partial charge on any atom is -0.364 e.